The van der Waals surface area contributed by atoms with E-state index in [1.54, 1.807) is 12.1 Å². The highest BCUT2D eigenvalue weighted by molar-refractivity contribution is 5.77. The van der Waals surface area contributed by atoms with Gasteiger partial charge < -0.3 is 10.1 Å². The van der Waals surface area contributed by atoms with Gasteiger partial charge in [0.2, 0.25) is 0 Å². The van der Waals surface area contributed by atoms with Crippen molar-refractivity contribution in [3.05, 3.63) is 65.0 Å². The molecule has 0 aliphatic rings. The average molecular weight is 315 g/mol. The molecule has 122 valence electrons. The van der Waals surface area contributed by atoms with Gasteiger partial charge in [-0.25, -0.2) is 4.39 Å². The van der Waals surface area contributed by atoms with Crippen LogP contribution in [0.15, 0.2) is 42.5 Å². The van der Waals surface area contributed by atoms with Gasteiger partial charge in [0.05, 0.1) is 0 Å². The van der Waals surface area contributed by atoms with Gasteiger partial charge in [0.25, 0.3) is 5.91 Å². The van der Waals surface area contributed by atoms with E-state index < -0.39 is 0 Å². The van der Waals surface area contributed by atoms with E-state index in [0.717, 1.165) is 29.5 Å². The van der Waals surface area contributed by atoms with Gasteiger partial charge >= 0.3 is 0 Å². The zero-order valence-electron chi connectivity index (χ0n) is 13.6. The number of carbonyl (C=O) groups is 1. The number of amides is 1. The second-order valence-electron chi connectivity index (χ2n) is 5.69. The van der Waals surface area contributed by atoms with E-state index >= 15 is 0 Å². The van der Waals surface area contributed by atoms with Gasteiger partial charge in [-0.15, -0.1) is 0 Å². The number of aryl methyl sites for hydroxylation is 3. The smallest absolute Gasteiger partial charge is 0.257 e. The normalized spacial score (nSPS) is 10.4. The van der Waals surface area contributed by atoms with E-state index in [4.69, 9.17) is 4.74 Å². The van der Waals surface area contributed by atoms with Gasteiger partial charge in [-0.3, -0.25) is 4.79 Å². The van der Waals surface area contributed by atoms with Gasteiger partial charge in [0.15, 0.2) is 6.61 Å². The third-order valence-electron chi connectivity index (χ3n) is 3.44. The number of carbonyl (C=O) groups excluding carboxylic acids is 1. The summed E-state index contributed by atoms with van der Waals surface area (Å²) in [7, 11) is 0. The molecule has 2 aromatic carbocycles. The van der Waals surface area contributed by atoms with Crippen molar-refractivity contribution in [2.75, 3.05) is 13.2 Å². The lowest BCUT2D eigenvalue weighted by Crippen LogP contribution is -2.29. The molecule has 0 aliphatic carbocycles. The predicted octanol–water partition coefficient (Wildman–Crippen LogP) is 3.57. The molecule has 1 N–H and O–H groups in total. The summed E-state index contributed by atoms with van der Waals surface area (Å²) in [6.45, 7) is 4.58. The number of ether oxygens (including phenoxy) is 1. The number of nitrogens with one attached hydrogen (secondary N) is 1. The van der Waals surface area contributed by atoms with Crippen molar-refractivity contribution in [2.24, 2.45) is 0 Å². The van der Waals surface area contributed by atoms with E-state index in [1.165, 1.54) is 12.1 Å². The van der Waals surface area contributed by atoms with E-state index in [2.05, 4.69) is 11.4 Å². The predicted molar refractivity (Wildman–Crippen MR) is 89.1 cm³/mol. The van der Waals surface area contributed by atoms with Crippen molar-refractivity contribution in [1.29, 1.82) is 0 Å². The molecule has 0 saturated heterocycles. The molecule has 4 heteroatoms. The summed E-state index contributed by atoms with van der Waals surface area (Å²) in [5, 5.41) is 2.83. The zero-order valence-corrected chi connectivity index (χ0v) is 13.6. The molecule has 0 spiro atoms. The van der Waals surface area contributed by atoms with E-state index in [1.807, 2.05) is 26.0 Å². The van der Waals surface area contributed by atoms with Crippen molar-refractivity contribution in [1.82, 2.24) is 5.32 Å². The Labute approximate surface area is 136 Å². The number of halogens is 1. The van der Waals surface area contributed by atoms with Crippen LogP contribution in [0, 0.1) is 19.7 Å². The fourth-order valence-electron chi connectivity index (χ4n) is 2.39. The highest BCUT2D eigenvalue weighted by atomic mass is 19.1. The van der Waals surface area contributed by atoms with Crippen molar-refractivity contribution < 1.29 is 13.9 Å². The Morgan fingerprint density at radius 1 is 1.09 bits per heavy atom. The lowest BCUT2D eigenvalue weighted by atomic mass is 10.1. The molecule has 23 heavy (non-hydrogen) atoms. The van der Waals surface area contributed by atoms with E-state index in [0.29, 0.717) is 12.3 Å². The third kappa shape index (κ3) is 6.10. The van der Waals surface area contributed by atoms with Crippen LogP contribution in [0.2, 0.25) is 0 Å². The standard InChI is InChI=1S/C19H22FNO2/c1-14-10-15(2)12-18(11-14)23-13-19(22)21-9-3-4-16-5-7-17(20)8-6-16/h5-8,10-12H,3-4,9,13H2,1-2H3,(H,21,22). The molecule has 0 atom stereocenters. The fourth-order valence-corrected chi connectivity index (χ4v) is 2.39. The molecule has 0 saturated carbocycles. The molecular formula is C19H22FNO2. The monoisotopic (exact) mass is 315 g/mol. The van der Waals surface area contributed by atoms with Gasteiger partial charge in [0.1, 0.15) is 11.6 Å². The average Bonchev–Trinajstić information content (AvgIpc) is 2.50. The maximum absolute atomic E-state index is 12.8. The number of hydrogen-bond acceptors (Lipinski definition) is 2. The zero-order chi connectivity index (χ0) is 16.7. The molecule has 0 radical (unpaired) electrons. The first kappa shape index (κ1) is 17.0. The molecule has 1 amide bonds. The van der Waals surface area contributed by atoms with Crippen molar-refractivity contribution in [3.8, 4) is 5.75 Å². The maximum atomic E-state index is 12.8. The summed E-state index contributed by atoms with van der Waals surface area (Å²) in [5.74, 6) is 0.345. The van der Waals surface area contributed by atoms with Gasteiger partial charge in [0, 0.05) is 6.54 Å². The summed E-state index contributed by atoms with van der Waals surface area (Å²) in [6.07, 6.45) is 1.61. The van der Waals surface area contributed by atoms with Crippen LogP contribution in [0.4, 0.5) is 4.39 Å². The molecule has 2 rings (SSSR count). The van der Waals surface area contributed by atoms with Crippen LogP contribution in [0.25, 0.3) is 0 Å². The van der Waals surface area contributed by atoms with Crippen LogP contribution in [-0.4, -0.2) is 19.1 Å². The summed E-state index contributed by atoms with van der Waals surface area (Å²) < 4.78 is 18.3. The van der Waals surface area contributed by atoms with E-state index in [-0.39, 0.29) is 18.3 Å². The Hall–Kier alpha value is -2.36. The molecule has 0 fully saturated rings. The van der Waals surface area contributed by atoms with Crippen LogP contribution in [0.5, 0.6) is 5.75 Å². The Morgan fingerprint density at radius 3 is 2.39 bits per heavy atom. The van der Waals surface area contributed by atoms with Crippen LogP contribution < -0.4 is 10.1 Å². The van der Waals surface area contributed by atoms with E-state index in [9.17, 15) is 9.18 Å². The van der Waals surface area contributed by atoms with Crippen molar-refractivity contribution in [2.45, 2.75) is 26.7 Å². The molecule has 2 aromatic rings. The molecule has 0 aromatic heterocycles. The van der Waals surface area contributed by atoms with Gasteiger partial charge in [-0.2, -0.15) is 0 Å². The van der Waals surface area contributed by atoms with Crippen LogP contribution in [0.1, 0.15) is 23.1 Å². The van der Waals surface area contributed by atoms with Gasteiger partial charge in [-0.05, 0) is 67.6 Å². The van der Waals surface area contributed by atoms with Gasteiger partial charge in [-0.1, -0.05) is 18.2 Å². The number of benzene rings is 2. The molecule has 0 unspecified atom stereocenters. The van der Waals surface area contributed by atoms with Crippen LogP contribution in [-0.2, 0) is 11.2 Å². The minimum absolute atomic E-state index is 0.0133. The summed E-state index contributed by atoms with van der Waals surface area (Å²) in [6, 6.07) is 12.3. The Balaban J connectivity index is 1.66. The lowest BCUT2D eigenvalue weighted by Gasteiger charge is -2.09. The maximum Gasteiger partial charge on any atom is 0.257 e. The summed E-state index contributed by atoms with van der Waals surface area (Å²) in [4.78, 5) is 11.8. The van der Waals surface area contributed by atoms with Crippen molar-refractivity contribution >= 4 is 5.91 Å². The Morgan fingerprint density at radius 2 is 1.74 bits per heavy atom. The fraction of sp³-hybridized carbons (Fsp3) is 0.316. The molecule has 0 heterocycles. The largest absolute Gasteiger partial charge is 0.484 e. The first-order valence-electron chi connectivity index (χ1n) is 7.75. The first-order valence-corrected chi connectivity index (χ1v) is 7.75. The minimum Gasteiger partial charge on any atom is -0.484 e. The Bertz CT molecular complexity index is 633. The minimum atomic E-state index is -0.231. The molecule has 3 nitrogen and oxygen atoms in total. The summed E-state index contributed by atoms with van der Waals surface area (Å²) in [5.41, 5.74) is 3.28. The van der Waals surface area contributed by atoms with Crippen molar-refractivity contribution in [3.63, 3.8) is 0 Å². The third-order valence-corrected chi connectivity index (χ3v) is 3.44. The quantitative estimate of drug-likeness (QED) is 0.793. The highest BCUT2D eigenvalue weighted by Gasteiger charge is 2.03. The molecule has 0 aliphatic heterocycles. The highest BCUT2D eigenvalue weighted by Crippen LogP contribution is 2.15. The number of rotatable bonds is 7. The lowest BCUT2D eigenvalue weighted by molar-refractivity contribution is -0.123. The first-order chi connectivity index (χ1) is 11.0. The second-order valence-corrected chi connectivity index (χ2v) is 5.69. The topological polar surface area (TPSA) is 38.3 Å². The SMILES string of the molecule is Cc1cc(C)cc(OCC(=O)NCCCc2ccc(F)cc2)c1. The second kappa shape index (κ2) is 8.32. The Kier molecular flexibility index (Phi) is 6.15. The molecular weight excluding hydrogens is 293 g/mol. The number of hydrogen-bond donors (Lipinski definition) is 1. The molecule has 0 bridgehead atoms. The van der Waals surface area contributed by atoms with Crippen LogP contribution >= 0.6 is 0 Å². The van der Waals surface area contributed by atoms with Crippen LogP contribution in [0.3, 0.4) is 0 Å². The summed E-state index contributed by atoms with van der Waals surface area (Å²) >= 11 is 0.